The number of hydrogen-bond acceptors (Lipinski definition) is 4. The summed E-state index contributed by atoms with van der Waals surface area (Å²) >= 11 is 0. The fourth-order valence-corrected chi connectivity index (χ4v) is 3.63. The zero-order valence-corrected chi connectivity index (χ0v) is 16.5. The van der Waals surface area contributed by atoms with Gasteiger partial charge in [-0.2, -0.15) is 0 Å². The fourth-order valence-electron chi connectivity index (χ4n) is 3.63. The lowest BCUT2D eigenvalue weighted by Gasteiger charge is -2.30. The van der Waals surface area contributed by atoms with Crippen molar-refractivity contribution in [3.63, 3.8) is 0 Å². The van der Waals surface area contributed by atoms with Gasteiger partial charge in [0, 0.05) is 37.1 Å². The predicted octanol–water partition coefficient (Wildman–Crippen LogP) is 3.03. The molecule has 2 heterocycles. The van der Waals surface area contributed by atoms with Gasteiger partial charge in [-0.25, -0.2) is 0 Å². The van der Waals surface area contributed by atoms with Gasteiger partial charge in [0.1, 0.15) is 5.92 Å². The minimum atomic E-state index is -0.792. The second-order valence-corrected chi connectivity index (χ2v) is 7.27. The van der Waals surface area contributed by atoms with Crippen LogP contribution < -0.4 is 10.2 Å². The number of fused-ring (bicyclic) bond motifs is 1. The molecule has 0 saturated heterocycles. The van der Waals surface area contributed by atoms with E-state index in [0.29, 0.717) is 29.8 Å². The first kappa shape index (κ1) is 19.5. The number of benzene rings is 2. The van der Waals surface area contributed by atoms with Crippen molar-refractivity contribution in [1.29, 1.82) is 0 Å². The summed E-state index contributed by atoms with van der Waals surface area (Å²) in [6.45, 7) is 0.363. The monoisotopic (exact) mass is 399 g/mol. The second-order valence-electron chi connectivity index (χ2n) is 7.27. The lowest BCUT2D eigenvalue weighted by atomic mass is 9.85. The Morgan fingerprint density at radius 2 is 1.73 bits per heavy atom. The first-order valence-electron chi connectivity index (χ1n) is 9.71. The maximum Gasteiger partial charge on any atom is 0.251 e. The summed E-state index contributed by atoms with van der Waals surface area (Å²) < 4.78 is 0. The Hall–Kier alpha value is -3.80. The van der Waals surface area contributed by atoms with Gasteiger partial charge >= 0.3 is 0 Å². The SMILES string of the molecule is CN1C(=O)C(Cc2ccccc2)C(=O)c2cc(C(=O)NCc3ccncc3)ccc21. The number of hydrogen-bond donors (Lipinski definition) is 1. The van der Waals surface area contributed by atoms with Crippen LogP contribution in [0.1, 0.15) is 31.8 Å². The number of Topliss-reactive ketones (excluding diaryl/α,β-unsaturated/α-hetero) is 1. The molecular formula is C24H21N3O3. The van der Waals surface area contributed by atoms with Gasteiger partial charge in [0.25, 0.3) is 5.91 Å². The molecule has 1 atom stereocenters. The largest absolute Gasteiger partial charge is 0.348 e. The van der Waals surface area contributed by atoms with Crippen LogP contribution >= 0.6 is 0 Å². The van der Waals surface area contributed by atoms with E-state index in [0.717, 1.165) is 11.1 Å². The molecule has 0 fully saturated rings. The molecule has 6 nitrogen and oxygen atoms in total. The highest BCUT2D eigenvalue weighted by molar-refractivity contribution is 6.22. The minimum Gasteiger partial charge on any atom is -0.348 e. The molecule has 1 unspecified atom stereocenters. The first-order valence-corrected chi connectivity index (χ1v) is 9.71. The average Bonchev–Trinajstić information content (AvgIpc) is 2.80. The highest BCUT2D eigenvalue weighted by atomic mass is 16.2. The number of aromatic nitrogens is 1. The van der Waals surface area contributed by atoms with Crippen molar-refractivity contribution in [1.82, 2.24) is 10.3 Å². The molecule has 3 aromatic rings. The van der Waals surface area contributed by atoms with Gasteiger partial charge in [0.2, 0.25) is 5.91 Å². The standard InChI is InChI=1S/C24H21N3O3/c1-27-21-8-7-18(23(29)26-15-17-9-11-25-12-10-17)14-19(21)22(28)20(24(27)30)13-16-5-3-2-4-6-16/h2-12,14,20H,13,15H2,1H3,(H,26,29). The molecular weight excluding hydrogens is 378 g/mol. The Balaban J connectivity index is 1.57. The molecule has 0 bridgehead atoms. The van der Waals surface area contributed by atoms with Gasteiger partial charge in [-0.3, -0.25) is 19.4 Å². The summed E-state index contributed by atoms with van der Waals surface area (Å²) in [7, 11) is 1.66. The van der Waals surface area contributed by atoms with E-state index in [-0.39, 0.29) is 17.6 Å². The fraction of sp³-hybridized carbons (Fsp3) is 0.167. The van der Waals surface area contributed by atoms with E-state index in [2.05, 4.69) is 10.3 Å². The zero-order chi connectivity index (χ0) is 21.1. The topological polar surface area (TPSA) is 79.4 Å². The lowest BCUT2D eigenvalue weighted by Crippen LogP contribution is -2.43. The van der Waals surface area contributed by atoms with E-state index in [1.807, 2.05) is 42.5 Å². The third kappa shape index (κ3) is 3.85. The number of pyridine rings is 1. The number of ketones is 1. The summed E-state index contributed by atoms with van der Waals surface area (Å²) in [6, 6.07) is 18.0. The molecule has 2 amide bonds. The Morgan fingerprint density at radius 1 is 1.00 bits per heavy atom. The molecule has 2 aromatic carbocycles. The first-order chi connectivity index (χ1) is 14.5. The summed E-state index contributed by atoms with van der Waals surface area (Å²) in [4.78, 5) is 44.0. The van der Waals surface area contributed by atoms with Crippen LogP contribution in [0.2, 0.25) is 0 Å². The normalized spacial score (nSPS) is 15.6. The van der Waals surface area contributed by atoms with Crippen LogP contribution in [0.3, 0.4) is 0 Å². The van der Waals surface area contributed by atoms with Crippen LogP contribution in [0.4, 0.5) is 5.69 Å². The van der Waals surface area contributed by atoms with E-state index in [4.69, 9.17) is 0 Å². The van der Waals surface area contributed by atoms with Crippen LogP contribution in [0.15, 0.2) is 73.1 Å². The molecule has 1 aliphatic heterocycles. The van der Waals surface area contributed by atoms with Crippen LogP contribution in [0, 0.1) is 5.92 Å². The van der Waals surface area contributed by atoms with Crippen molar-refractivity contribution < 1.29 is 14.4 Å². The van der Waals surface area contributed by atoms with Gasteiger partial charge in [0.05, 0.1) is 5.69 Å². The van der Waals surface area contributed by atoms with Crippen LogP contribution in [0.25, 0.3) is 0 Å². The second kappa shape index (κ2) is 8.29. The van der Waals surface area contributed by atoms with Crippen molar-refractivity contribution in [3.05, 3.63) is 95.3 Å². The third-order valence-electron chi connectivity index (χ3n) is 5.32. The van der Waals surface area contributed by atoms with E-state index < -0.39 is 5.92 Å². The van der Waals surface area contributed by atoms with Crippen molar-refractivity contribution in [3.8, 4) is 0 Å². The summed E-state index contributed by atoms with van der Waals surface area (Å²) in [5.41, 5.74) is 3.17. The van der Waals surface area contributed by atoms with Crippen LogP contribution in [-0.2, 0) is 17.8 Å². The minimum absolute atomic E-state index is 0.230. The molecule has 0 spiro atoms. The van der Waals surface area contributed by atoms with Gasteiger partial charge in [-0.05, 0) is 47.9 Å². The van der Waals surface area contributed by atoms with Gasteiger partial charge < -0.3 is 10.2 Å². The number of rotatable bonds is 5. The average molecular weight is 399 g/mol. The molecule has 1 aromatic heterocycles. The predicted molar refractivity (Wildman–Crippen MR) is 113 cm³/mol. The van der Waals surface area contributed by atoms with E-state index in [1.165, 1.54) is 4.90 Å². The van der Waals surface area contributed by atoms with Crippen molar-refractivity contribution in [2.45, 2.75) is 13.0 Å². The van der Waals surface area contributed by atoms with Crippen molar-refractivity contribution in [2.75, 3.05) is 11.9 Å². The zero-order valence-electron chi connectivity index (χ0n) is 16.5. The number of nitrogens with zero attached hydrogens (tertiary/aromatic N) is 2. The quantitative estimate of drug-likeness (QED) is 0.669. The van der Waals surface area contributed by atoms with Crippen molar-refractivity contribution >= 4 is 23.3 Å². The number of carbonyl (C=O) groups excluding carboxylic acids is 3. The van der Waals surface area contributed by atoms with Crippen LogP contribution in [0.5, 0.6) is 0 Å². The van der Waals surface area contributed by atoms with Crippen molar-refractivity contribution in [2.24, 2.45) is 5.92 Å². The van der Waals surface area contributed by atoms with Gasteiger partial charge in [-0.1, -0.05) is 30.3 Å². The Bertz CT molecular complexity index is 1100. The van der Waals surface area contributed by atoms with E-state index in [9.17, 15) is 14.4 Å². The molecule has 0 radical (unpaired) electrons. The van der Waals surface area contributed by atoms with E-state index in [1.54, 1.807) is 37.6 Å². The van der Waals surface area contributed by atoms with Gasteiger partial charge in [-0.15, -0.1) is 0 Å². The Morgan fingerprint density at radius 3 is 2.47 bits per heavy atom. The molecule has 6 heteroatoms. The molecule has 0 saturated carbocycles. The molecule has 150 valence electrons. The highest BCUT2D eigenvalue weighted by Gasteiger charge is 2.38. The number of anilines is 1. The molecule has 4 rings (SSSR count). The number of nitrogens with one attached hydrogen (secondary N) is 1. The number of amides is 2. The maximum absolute atomic E-state index is 13.1. The maximum atomic E-state index is 13.1. The molecule has 0 aliphatic carbocycles. The molecule has 1 aliphatic rings. The summed E-state index contributed by atoms with van der Waals surface area (Å²) in [5, 5.41) is 2.85. The third-order valence-corrected chi connectivity index (χ3v) is 5.32. The van der Waals surface area contributed by atoms with E-state index >= 15 is 0 Å². The summed E-state index contributed by atoms with van der Waals surface area (Å²) in [5.74, 6) is -1.55. The van der Waals surface area contributed by atoms with Crippen LogP contribution in [-0.4, -0.2) is 29.6 Å². The lowest BCUT2D eigenvalue weighted by molar-refractivity contribution is -0.120. The highest BCUT2D eigenvalue weighted by Crippen LogP contribution is 2.32. The Kier molecular flexibility index (Phi) is 5.39. The summed E-state index contributed by atoms with van der Waals surface area (Å²) in [6.07, 6.45) is 3.66. The van der Waals surface area contributed by atoms with Gasteiger partial charge in [0.15, 0.2) is 5.78 Å². The smallest absolute Gasteiger partial charge is 0.251 e. The molecule has 30 heavy (non-hydrogen) atoms. The molecule has 1 N–H and O–H groups in total. The number of carbonyl (C=O) groups is 3. The Labute approximate surface area is 174 Å².